The van der Waals surface area contributed by atoms with Gasteiger partial charge in [0, 0.05) is 6.04 Å². The number of amides is 1. The molecule has 0 aromatic carbocycles. The van der Waals surface area contributed by atoms with E-state index in [0.717, 1.165) is 12.8 Å². The summed E-state index contributed by atoms with van der Waals surface area (Å²) in [6.45, 7) is 0.653. The Morgan fingerprint density at radius 3 is 2.50 bits per heavy atom. The fraction of sp³-hybridized carbons (Fsp3) is 0.900. The number of hydrogen-bond acceptors (Lipinski definition) is 2. The molecule has 1 unspecified atom stereocenters. The Morgan fingerprint density at radius 1 is 1.44 bits per heavy atom. The van der Waals surface area contributed by atoms with Crippen LogP contribution in [0.25, 0.3) is 0 Å². The molecule has 0 radical (unpaired) electrons. The van der Waals surface area contributed by atoms with E-state index in [1.165, 1.54) is 6.42 Å². The third-order valence-electron chi connectivity index (χ3n) is 2.93. The number of alkyl halides is 3. The van der Waals surface area contributed by atoms with Crippen LogP contribution in [0.3, 0.4) is 0 Å². The van der Waals surface area contributed by atoms with Crippen molar-refractivity contribution in [3.8, 4) is 0 Å². The molecule has 6 heteroatoms. The predicted molar refractivity (Wildman–Crippen MR) is 53.9 cm³/mol. The van der Waals surface area contributed by atoms with Crippen LogP contribution >= 0.6 is 0 Å². The van der Waals surface area contributed by atoms with Crippen molar-refractivity contribution in [3.63, 3.8) is 0 Å². The Balaban J connectivity index is 2.09. The zero-order chi connectivity index (χ0) is 12.2. The first-order valence-corrected chi connectivity index (χ1v) is 5.45. The lowest BCUT2D eigenvalue weighted by atomic mass is 9.80. The molecule has 1 fully saturated rings. The van der Waals surface area contributed by atoms with Crippen molar-refractivity contribution in [2.24, 2.45) is 5.92 Å². The third kappa shape index (κ3) is 4.83. The molecule has 0 saturated heterocycles. The topological polar surface area (TPSA) is 41.1 Å². The highest BCUT2D eigenvalue weighted by Crippen LogP contribution is 2.29. The minimum absolute atomic E-state index is 0.0479. The molecule has 2 N–H and O–H groups in total. The van der Waals surface area contributed by atoms with Gasteiger partial charge in [-0.25, -0.2) is 0 Å². The average molecular weight is 238 g/mol. The van der Waals surface area contributed by atoms with Crippen LogP contribution in [-0.2, 0) is 4.79 Å². The maximum Gasteiger partial charge on any atom is 0.405 e. The van der Waals surface area contributed by atoms with Crippen LogP contribution in [-0.4, -0.2) is 31.2 Å². The second kappa shape index (κ2) is 5.52. The number of hydrogen-bond donors (Lipinski definition) is 2. The van der Waals surface area contributed by atoms with Gasteiger partial charge in [0.25, 0.3) is 0 Å². The van der Waals surface area contributed by atoms with Crippen molar-refractivity contribution >= 4 is 5.91 Å². The van der Waals surface area contributed by atoms with Crippen LogP contribution in [0.4, 0.5) is 13.2 Å². The maximum atomic E-state index is 11.8. The molecule has 16 heavy (non-hydrogen) atoms. The Hall–Kier alpha value is -0.780. The fourth-order valence-corrected chi connectivity index (χ4v) is 1.62. The quantitative estimate of drug-likeness (QED) is 0.761. The smallest absolute Gasteiger partial charge is 0.346 e. The lowest BCUT2D eigenvalue weighted by molar-refractivity contribution is -0.138. The standard InChI is InChI=1S/C10H17F3N2O/c1-7(8-3-2-4-8)14-5-9(16)15-6-10(11,12)13/h7-8,14H,2-6H2,1H3,(H,15,16). The van der Waals surface area contributed by atoms with Gasteiger partial charge in [0.1, 0.15) is 6.54 Å². The first kappa shape index (κ1) is 13.3. The second-order valence-electron chi connectivity index (χ2n) is 4.25. The molecule has 0 heterocycles. The van der Waals surface area contributed by atoms with Crippen molar-refractivity contribution in [2.45, 2.75) is 38.4 Å². The van der Waals surface area contributed by atoms with Crippen molar-refractivity contribution in [1.82, 2.24) is 10.6 Å². The molecule has 0 aromatic rings. The van der Waals surface area contributed by atoms with Crippen LogP contribution in [0.1, 0.15) is 26.2 Å². The summed E-state index contributed by atoms with van der Waals surface area (Å²) in [4.78, 5) is 11.0. The normalized spacial score (nSPS) is 19.0. The molecule has 0 bridgehead atoms. The molecule has 1 amide bonds. The molecule has 94 valence electrons. The highest BCUT2D eigenvalue weighted by Gasteiger charge is 2.28. The average Bonchev–Trinajstić information content (AvgIpc) is 2.07. The van der Waals surface area contributed by atoms with Crippen LogP contribution < -0.4 is 10.6 Å². The van der Waals surface area contributed by atoms with Crippen molar-refractivity contribution in [2.75, 3.05) is 13.1 Å². The van der Waals surface area contributed by atoms with E-state index in [2.05, 4.69) is 5.32 Å². The highest BCUT2D eigenvalue weighted by molar-refractivity contribution is 5.78. The van der Waals surface area contributed by atoms with Crippen molar-refractivity contribution < 1.29 is 18.0 Å². The van der Waals surface area contributed by atoms with Gasteiger partial charge in [0.05, 0.1) is 6.54 Å². The highest BCUT2D eigenvalue weighted by atomic mass is 19.4. The monoisotopic (exact) mass is 238 g/mol. The number of rotatable bonds is 5. The van der Waals surface area contributed by atoms with Gasteiger partial charge in [-0.15, -0.1) is 0 Å². The van der Waals surface area contributed by atoms with E-state index in [4.69, 9.17) is 0 Å². The fourth-order valence-electron chi connectivity index (χ4n) is 1.62. The number of carbonyl (C=O) groups excluding carboxylic acids is 1. The summed E-state index contributed by atoms with van der Waals surface area (Å²) in [6.07, 6.45) is -0.858. The number of carbonyl (C=O) groups is 1. The molecule has 1 atom stereocenters. The van der Waals surface area contributed by atoms with Crippen LogP contribution in [0, 0.1) is 5.92 Å². The van der Waals surface area contributed by atoms with Gasteiger partial charge in [0.15, 0.2) is 0 Å². The summed E-state index contributed by atoms with van der Waals surface area (Å²) in [7, 11) is 0. The molecule has 1 saturated carbocycles. The van der Waals surface area contributed by atoms with E-state index >= 15 is 0 Å². The minimum atomic E-state index is -4.34. The Labute approximate surface area is 92.8 Å². The molecule has 0 spiro atoms. The summed E-state index contributed by atoms with van der Waals surface area (Å²) >= 11 is 0. The van der Waals surface area contributed by atoms with Crippen LogP contribution in [0.15, 0.2) is 0 Å². The van der Waals surface area contributed by atoms with E-state index in [0.29, 0.717) is 5.92 Å². The molecule has 0 aromatic heterocycles. The predicted octanol–water partition coefficient (Wildman–Crippen LogP) is 1.44. The van der Waals surface area contributed by atoms with Gasteiger partial charge >= 0.3 is 6.18 Å². The lowest BCUT2D eigenvalue weighted by Crippen LogP contribution is -2.44. The van der Waals surface area contributed by atoms with E-state index in [1.54, 1.807) is 0 Å². The summed E-state index contributed by atoms with van der Waals surface area (Å²) in [5.74, 6) is -0.0427. The summed E-state index contributed by atoms with van der Waals surface area (Å²) < 4.78 is 35.3. The Morgan fingerprint density at radius 2 is 2.06 bits per heavy atom. The zero-order valence-electron chi connectivity index (χ0n) is 9.23. The number of nitrogens with one attached hydrogen (secondary N) is 2. The molecule has 1 aliphatic carbocycles. The van der Waals surface area contributed by atoms with E-state index < -0.39 is 18.6 Å². The van der Waals surface area contributed by atoms with Gasteiger partial charge < -0.3 is 10.6 Å². The summed E-state index contributed by atoms with van der Waals surface area (Å²) in [5.41, 5.74) is 0. The van der Waals surface area contributed by atoms with E-state index in [1.807, 2.05) is 12.2 Å². The second-order valence-corrected chi connectivity index (χ2v) is 4.25. The SMILES string of the molecule is CC(NCC(=O)NCC(F)(F)F)C1CCC1. The molecule has 0 aliphatic heterocycles. The molecule has 1 aliphatic rings. The van der Waals surface area contributed by atoms with Gasteiger partial charge in [-0.05, 0) is 25.7 Å². The van der Waals surface area contributed by atoms with Crippen molar-refractivity contribution in [3.05, 3.63) is 0 Å². The molecular weight excluding hydrogens is 221 g/mol. The molecule has 1 rings (SSSR count). The largest absolute Gasteiger partial charge is 0.405 e. The Kier molecular flexibility index (Phi) is 4.58. The minimum Gasteiger partial charge on any atom is -0.346 e. The van der Waals surface area contributed by atoms with Crippen LogP contribution in [0.5, 0.6) is 0 Å². The summed E-state index contributed by atoms with van der Waals surface area (Å²) in [6, 6.07) is 0.199. The first-order valence-electron chi connectivity index (χ1n) is 5.45. The van der Waals surface area contributed by atoms with E-state index in [9.17, 15) is 18.0 Å². The van der Waals surface area contributed by atoms with Crippen molar-refractivity contribution in [1.29, 1.82) is 0 Å². The lowest BCUT2D eigenvalue weighted by Gasteiger charge is -2.31. The zero-order valence-corrected chi connectivity index (χ0v) is 9.23. The third-order valence-corrected chi connectivity index (χ3v) is 2.93. The van der Waals surface area contributed by atoms with Gasteiger partial charge in [-0.1, -0.05) is 6.42 Å². The molecular formula is C10H17F3N2O. The first-order chi connectivity index (χ1) is 7.38. The van der Waals surface area contributed by atoms with Gasteiger partial charge in [0.2, 0.25) is 5.91 Å². The maximum absolute atomic E-state index is 11.8. The van der Waals surface area contributed by atoms with Crippen LogP contribution in [0.2, 0.25) is 0 Å². The van der Waals surface area contributed by atoms with Gasteiger partial charge in [-0.2, -0.15) is 13.2 Å². The summed E-state index contributed by atoms with van der Waals surface area (Å²) in [5, 5.41) is 4.77. The Bertz CT molecular complexity index is 239. The van der Waals surface area contributed by atoms with Gasteiger partial charge in [-0.3, -0.25) is 4.79 Å². The number of halogens is 3. The molecule has 3 nitrogen and oxygen atoms in total. The van der Waals surface area contributed by atoms with E-state index in [-0.39, 0.29) is 12.6 Å².